The van der Waals surface area contributed by atoms with Crippen LogP contribution in [-0.2, 0) is 0 Å². The summed E-state index contributed by atoms with van der Waals surface area (Å²) < 4.78 is 7.39. The number of hydrogen-bond donors (Lipinski definition) is 0. The lowest BCUT2D eigenvalue weighted by atomic mass is 10.3. The van der Waals surface area contributed by atoms with E-state index in [1.165, 1.54) is 19.6 Å². The van der Waals surface area contributed by atoms with Gasteiger partial charge in [-0.25, -0.2) is 0 Å². The van der Waals surface area contributed by atoms with E-state index in [0.29, 0.717) is 0 Å². The highest BCUT2D eigenvalue weighted by Crippen LogP contribution is 2.79. The van der Waals surface area contributed by atoms with Crippen LogP contribution in [0.2, 0.25) is 0 Å². The van der Waals surface area contributed by atoms with Crippen molar-refractivity contribution in [1.82, 2.24) is 0 Å². The molecule has 0 saturated heterocycles. The Balaban J connectivity index is 1.98. The van der Waals surface area contributed by atoms with Crippen LogP contribution in [-0.4, -0.2) is 0 Å². The highest BCUT2D eigenvalue weighted by molar-refractivity contribution is 9.10. The number of para-hydroxylation sites is 1. The second-order valence-corrected chi connectivity index (χ2v) is 10.3. The van der Waals surface area contributed by atoms with Crippen molar-refractivity contribution >= 4 is 26.0 Å². The third-order valence-corrected chi connectivity index (χ3v) is 9.26. The molecule has 4 aromatic carbocycles. The molecule has 0 aromatic heterocycles. The molecule has 0 radical (unpaired) electrons. The van der Waals surface area contributed by atoms with Gasteiger partial charge in [0.1, 0.15) is 11.5 Å². The first-order valence-corrected chi connectivity index (χ1v) is 11.2. The second kappa shape index (κ2) is 6.59. The van der Waals surface area contributed by atoms with Crippen molar-refractivity contribution in [2.75, 3.05) is 0 Å². The Morgan fingerprint density at radius 2 is 1.11 bits per heavy atom. The van der Waals surface area contributed by atoms with Crippen LogP contribution in [0.4, 0.5) is 0 Å². The molecule has 0 atom stereocenters. The summed E-state index contributed by atoms with van der Waals surface area (Å²) in [5.41, 5.74) is 0. The summed E-state index contributed by atoms with van der Waals surface area (Å²) >= 11 is 3.68. The van der Waals surface area contributed by atoms with Crippen molar-refractivity contribution in [3.05, 3.63) is 108 Å². The fourth-order valence-corrected chi connectivity index (χ4v) is 8.30. The molecule has 4 aromatic rings. The van der Waals surface area contributed by atoms with Gasteiger partial charge in [0.2, 0.25) is 0 Å². The third-order valence-electron chi connectivity index (χ3n) is 4.83. The first-order chi connectivity index (χ1) is 13.3. The zero-order valence-electron chi connectivity index (χ0n) is 14.5. The molecule has 1 nitrogen and oxygen atoms in total. The predicted octanol–water partition coefficient (Wildman–Crippen LogP) is 7.90. The summed E-state index contributed by atoms with van der Waals surface area (Å²) in [6.07, 6.45) is 0. The van der Waals surface area contributed by atoms with Crippen LogP contribution in [0.15, 0.2) is 127 Å². The molecule has 0 N–H and O–H groups in total. The lowest BCUT2D eigenvalue weighted by molar-refractivity contribution is 0.452. The van der Waals surface area contributed by atoms with Crippen LogP contribution in [0, 0.1) is 0 Å². The van der Waals surface area contributed by atoms with E-state index in [0.717, 1.165) is 16.0 Å². The fraction of sp³-hybridized carbons (Fsp3) is 0. The Morgan fingerprint density at radius 3 is 1.78 bits per heavy atom. The highest BCUT2D eigenvalue weighted by atomic mass is 79.9. The molecule has 0 spiro atoms. The highest BCUT2D eigenvalue weighted by Gasteiger charge is 2.40. The van der Waals surface area contributed by atoms with Gasteiger partial charge in [-0.1, -0.05) is 64.5 Å². The quantitative estimate of drug-likeness (QED) is 0.275. The summed E-state index contributed by atoms with van der Waals surface area (Å²) in [6.45, 7) is 0. The van der Waals surface area contributed by atoms with Gasteiger partial charge in [-0.05, 0) is 54.6 Å². The smallest absolute Gasteiger partial charge is 0.140 e. The van der Waals surface area contributed by atoms with Crippen LogP contribution in [0.1, 0.15) is 0 Å². The molecule has 0 fully saturated rings. The minimum absolute atomic E-state index is 0.930. The number of ether oxygens (including phenoxy) is 1. The molecule has 0 unspecified atom stereocenters. The maximum absolute atomic E-state index is 6.33. The topological polar surface area (TPSA) is 9.23 Å². The van der Waals surface area contributed by atoms with E-state index in [9.17, 15) is 0 Å². The summed E-state index contributed by atoms with van der Waals surface area (Å²) in [7, 11) is -1.65. The van der Waals surface area contributed by atoms with Crippen molar-refractivity contribution in [3.8, 4) is 11.5 Å². The van der Waals surface area contributed by atoms with Crippen molar-refractivity contribution in [2.24, 2.45) is 0 Å². The van der Waals surface area contributed by atoms with Gasteiger partial charge >= 0.3 is 0 Å². The van der Waals surface area contributed by atoms with Crippen molar-refractivity contribution in [2.45, 2.75) is 19.6 Å². The molecule has 1 aliphatic heterocycles. The summed E-state index contributed by atoms with van der Waals surface area (Å²) in [4.78, 5) is 5.10. The van der Waals surface area contributed by atoms with Crippen molar-refractivity contribution in [1.29, 1.82) is 0 Å². The molecule has 5 rings (SSSR count). The molecule has 0 saturated carbocycles. The number of benzene rings is 4. The Labute approximate surface area is 169 Å². The zero-order chi connectivity index (χ0) is 18.3. The summed E-state index contributed by atoms with van der Waals surface area (Å²) in [5.74, 6) is 1.87. The lowest BCUT2D eigenvalue weighted by Crippen LogP contribution is -2.11. The van der Waals surface area contributed by atoms with Gasteiger partial charge in [-0.2, -0.15) is 0 Å². The molecule has 132 valence electrons. The van der Waals surface area contributed by atoms with Crippen LogP contribution < -0.4 is 4.74 Å². The molecule has 0 amide bonds. The van der Waals surface area contributed by atoms with E-state index in [1.54, 1.807) is 0 Å². The maximum Gasteiger partial charge on any atom is 0.140 e. The van der Waals surface area contributed by atoms with Crippen molar-refractivity contribution in [3.63, 3.8) is 0 Å². The van der Waals surface area contributed by atoms with Gasteiger partial charge in [0, 0.05) is 24.1 Å². The van der Waals surface area contributed by atoms with E-state index in [1.807, 2.05) is 12.1 Å². The molecule has 27 heavy (non-hydrogen) atoms. The van der Waals surface area contributed by atoms with Gasteiger partial charge in [0.05, 0.1) is 0 Å². The van der Waals surface area contributed by atoms with E-state index >= 15 is 0 Å². The Bertz CT molecular complexity index is 1070. The lowest BCUT2D eigenvalue weighted by Gasteiger charge is -2.45. The van der Waals surface area contributed by atoms with E-state index in [2.05, 4.69) is 107 Å². The first-order valence-electron chi connectivity index (χ1n) is 8.80. The van der Waals surface area contributed by atoms with Crippen LogP contribution in [0.25, 0.3) is 0 Å². The number of rotatable bonds is 2. The van der Waals surface area contributed by atoms with Gasteiger partial charge in [0.25, 0.3) is 0 Å². The second-order valence-electron chi connectivity index (χ2n) is 6.38. The SMILES string of the molecule is Brc1ccc2c(c1)S(c1ccccc1)(c1ccccc1)c1ccccc1O2. The van der Waals surface area contributed by atoms with E-state index in [4.69, 9.17) is 4.74 Å². The molecule has 0 bridgehead atoms. The Hall–Kier alpha value is -2.49. The number of fused-ring (bicyclic) bond motifs is 2. The minimum Gasteiger partial charge on any atom is -0.455 e. The van der Waals surface area contributed by atoms with Gasteiger partial charge in [-0.3, -0.25) is 0 Å². The van der Waals surface area contributed by atoms with Gasteiger partial charge in [0.15, 0.2) is 0 Å². The van der Waals surface area contributed by atoms with Crippen molar-refractivity contribution < 1.29 is 4.74 Å². The van der Waals surface area contributed by atoms with E-state index in [-0.39, 0.29) is 0 Å². The van der Waals surface area contributed by atoms with E-state index < -0.39 is 10.0 Å². The monoisotopic (exact) mass is 432 g/mol. The molecule has 0 aliphatic carbocycles. The molecule has 1 heterocycles. The van der Waals surface area contributed by atoms with Crippen LogP contribution in [0.5, 0.6) is 11.5 Å². The molecular formula is C24H17BrOS. The largest absolute Gasteiger partial charge is 0.455 e. The predicted molar refractivity (Wildman–Crippen MR) is 114 cm³/mol. The molecular weight excluding hydrogens is 416 g/mol. The minimum atomic E-state index is -1.65. The normalized spacial score (nSPS) is 15.1. The summed E-state index contributed by atoms with van der Waals surface area (Å²) in [6, 6.07) is 36.4. The van der Waals surface area contributed by atoms with Crippen LogP contribution >= 0.6 is 26.0 Å². The average Bonchev–Trinajstić information content (AvgIpc) is 2.73. The number of halogens is 1. The molecule has 3 heteroatoms. The average molecular weight is 433 g/mol. The molecule has 1 aliphatic rings. The first kappa shape index (κ1) is 16.7. The Morgan fingerprint density at radius 1 is 0.556 bits per heavy atom. The van der Waals surface area contributed by atoms with Crippen LogP contribution in [0.3, 0.4) is 0 Å². The Kier molecular flexibility index (Phi) is 4.07. The maximum atomic E-state index is 6.33. The zero-order valence-corrected chi connectivity index (χ0v) is 16.9. The van der Waals surface area contributed by atoms with Gasteiger partial charge in [-0.15, -0.1) is 10.0 Å². The fourth-order valence-electron chi connectivity index (χ4n) is 3.72. The standard InChI is InChI=1S/C24H17BrOS/c25-18-15-16-22-24(17-18)27(19-9-3-1-4-10-19,20-11-5-2-6-12-20)23-14-8-7-13-21(23)26-22/h1-17H. The number of hydrogen-bond acceptors (Lipinski definition) is 1. The third kappa shape index (κ3) is 2.53. The summed E-state index contributed by atoms with van der Waals surface area (Å²) in [5, 5.41) is 0. The van der Waals surface area contributed by atoms with Gasteiger partial charge < -0.3 is 4.74 Å².